The monoisotopic (exact) mass is 392 g/mol. The van der Waals surface area contributed by atoms with Gasteiger partial charge < -0.3 is 20.3 Å². The van der Waals surface area contributed by atoms with Gasteiger partial charge in [0.1, 0.15) is 10.8 Å². The number of carbonyl (C=O) groups is 1. The van der Waals surface area contributed by atoms with E-state index in [0.717, 1.165) is 35.2 Å². The Labute approximate surface area is 167 Å². The molecule has 28 heavy (non-hydrogen) atoms. The summed E-state index contributed by atoms with van der Waals surface area (Å²) in [4.78, 5) is 18.8. The normalized spacial score (nSPS) is 20.5. The van der Waals surface area contributed by atoms with Gasteiger partial charge in [-0.2, -0.15) is 0 Å². The summed E-state index contributed by atoms with van der Waals surface area (Å²) in [6, 6.07) is 15.8. The van der Waals surface area contributed by atoms with Crippen LogP contribution in [0.15, 0.2) is 60.9 Å². The van der Waals surface area contributed by atoms with Gasteiger partial charge in [-0.05, 0) is 29.8 Å². The number of anilines is 2. The number of hydrogen-bond acceptors (Lipinski definition) is 5. The predicted octanol–water partition coefficient (Wildman–Crippen LogP) is 3.79. The molecule has 0 saturated carbocycles. The second kappa shape index (κ2) is 7.33. The van der Waals surface area contributed by atoms with Gasteiger partial charge in [-0.25, -0.2) is 4.79 Å². The van der Waals surface area contributed by atoms with Crippen molar-refractivity contribution < 1.29 is 9.53 Å². The summed E-state index contributed by atoms with van der Waals surface area (Å²) < 4.78 is 5.63. The third kappa shape index (κ3) is 3.50. The molecule has 2 unspecified atom stereocenters. The second-order valence-electron chi connectivity index (χ2n) is 6.84. The van der Waals surface area contributed by atoms with E-state index in [0.29, 0.717) is 17.4 Å². The van der Waals surface area contributed by atoms with Crippen molar-refractivity contribution in [3.8, 4) is 0 Å². The number of nitrogens with one attached hydrogen (secondary N) is 2. The molecule has 0 bridgehead atoms. The Kier molecular flexibility index (Phi) is 4.54. The first kappa shape index (κ1) is 17.3. The lowest BCUT2D eigenvalue weighted by Crippen LogP contribution is -2.36. The van der Waals surface area contributed by atoms with Gasteiger partial charge in [0.15, 0.2) is 0 Å². The van der Waals surface area contributed by atoms with Crippen molar-refractivity contribution in [2.45, 2.75) is 17.4 Å². The molecule has 7 heteroatoms. The minimum atomic E-state index is -0.223. The standard InChI is InChI=1S/C21H20N4O2S/c26-21(24-18-3-1-2-15-13-22-9-8-17(15)18)23-12-14-4-6-16(7-5-14)25-10-11-27-20-19(25)28-20/h1-9,13,19-20H,10-12H2,(H2,23,24,26). The number of morpholine rings is 1. The number of thioether (sulfide) groups is 1. The second-order valence-corrected chi connectivity index (χ2v) is 8.06. The van der Waals surface area contributed by atoms with E-state index in [9.17, 15) is 4.79 Å². The quantitative estimate of drug-likeness (QED) is 0.662. The zero-order chi connectivity index (χ0) is 18.9. The number of fused-ring (bicyclic) bond motifs is 2. The maximum atomic E-state index is 12.3. The van der Waals surface area contributed by atoms with Crippen molar-refractivity contribution in [3.63, 3.8) is 0 Å². The van der Waals surface area contributed by atoms with Crippen molar-refractivity contribution in [1.29, 1.82) is 0 Å². The van der Waals surface area contributed by atoms with E-state index in [2.05, 4.69) is 44.8 Å². The fourth-order valence-electron chi connectivity index (χ4n) is 3.49. The van der Waals surface area contributed by atoms with Gasteiger partial charge in [0.2, 0.25) is 0 Å². The van der Waals surface area contributed by atoms with Crippen LogP contribution in [-0.2, 0) is 11.3 Å². The summed E-state index contributed by atoms with van der Waals surface area (Å²) in [5.41, 5.74) is 3.38. The smallest absolute Gasteiger partial charge is 0.319 e. The van der Waals surface area contributed by atoms with E-state index in [1.165, 1.54) is 5.69 Å². The van der Waals surface area contributed by atoms with E-state index < -0.39 is 0 Å². The molecule has 142 valence electrons. The molecule has 3 aromatic rings. The number of rotatable bonds is 4. The molecule has 1 aromatic heterocycles. The average Bonchev–Trinajstić information content (AvgIpc) is 3.53. The molecule has 2 amide bonds. The lowest BCUT2D eigenvalue weighted by molar-refractivity contribution is 0.114. The molecule has 0 aliphatic carbocycles. The first-order valence-electron chi connectivity index (χ1n) is 9.28. The molecule has 3 heterocycles. The summed E-state index contributed by atoms with van der Waals surface area (Å²) in [5.74, 6) is 0. The van der Waals surface area contributed by atoms with Crippen LogP contribution in [0.25, 0.3) is 10.8 Å². The van der Waals surface area contributed by atoms with E-state index in [-0.39, 0.29) is 6.03 Å². The first-order chi connectivity index (χ1) is 13.8. The number of amides is 2. The lowest BCUT2D eigenvalue weighted by Gasteiger charge is -2.27. The van der Waals surface area contributed by atoms with Gasteiger partial charge in [-0.1, -0.05) is 36.0 Å². The molecular formula is C21H20N4O2S. The van der Waals surface area contributed by atoms with Crippen molar-refractivity contribution in [3.05, 3.63) is 66.5 Å². The molecule has 2 aliphatic heterocycles. The number of benzene rings is 2. The van der Waals surface area contributed by atoms with Crippen LogP contribution in [0.5, 0.6) is 0 Å². The Balaban J connectivity index is 1.19. The largest absolute Gasteiger partial charge is 0.363 e. The van der Waals surface area contributed by atoms with E-state index in [4.69, 9.17) is 4.74 Å². The molecule has 2 fully saturated rings. The van der Waals surface area contributed by atoms with Gasteiger partial charge in [0.05, 0.1) is 12.3 Å². The third-order valence-corrected chi connectivity index (χ3v) is 6.13. The summed E-state index contributed by atoms with van der Waals surface area (Å²) in [6.07, 6.45) is 3.51. The maximum absolute atomic E-state index is 12.3. The van der Waals surface area contributed by atoms with E-state index in [1.807, 2.05) is 36.0 Å². The van der Waals surface area contributed by atoms with Gasteiger partial charge in [-0.15, -0.1) is 0 Å². The average molecular weight is 392 g/mol. The fraction of sp³-hybridized carbons (Fsp3) is 0.238. The van der Waals surface area contributed by atoms with Crippen LogP contribution in [0.4, 0.5) is 16.2 Å². The fourth-order valence-corrected chi connectivity index (χ4v) is 4.45. The van der Waals surface area contributed by atoms with Gasteiger partial charge in [0.25, 0.3) is 0 Å². The Hall–Kier alpha value is -2.77. The van der Waals surface area contributed by atoms with Gasteiger partial charge in [-0.3, -0.25) is 4.98 Å². The third-order valence-electron chi connectivity index (χ3n) is 5.00. The van der Waals surface area contributed by atoms with Gasteiger partial charge in [0, 0.05) is 41.9 Å². The highest BCUT2D eigenvalue weighted by Crippen LogP contribution is 2.48. The van der Waals surface area contributed by atoms with Crippen LogP contribution in [0.2, 0.25) is 0 Å². The Morgan fingerprint density at radius 3 is 3.00 bits per heavy atom. The summed E-state index contributed by atoms with van der Waals surface area (Å²) >= 11 is 1.86. The number of urea groups is 1. The van der Waals surface area contributed by atoms with Crippen molar-refractivity contribution in [2.24, 2.45) is 0 Å². The number of hydrogen-bond donors (Lipinski definition) is 2. The molecule has 2 aromatic carbocycles. The maximum Gasteiger partial charge on any atom is 0.319 e. The summed E-state index contributed by atoms with van der Waals surface area (Å²) in [5, 5.41) is 8.28. The number of pyridine rings is 1. The van der Waals surface area contributed by atoms with Crippen molar-refractivity contribution in [2.75, 3.05) is 23.4 Å². The highest BCUT2D eigenvalue weighted by molar-refractivity contribution is 8.07. The van der Waals surface area contributed by atoms with E-state index >= 15 is 0 Å². The minimum absolute atomic E-state index is 0.223. The molecule has 6 nitrogen and oxygen atoms in total. The Morgan fingerprint density at radius 1 is 1.21 bits per heavy atom. The molecule has 2 atom stereocenters. The van der Waals surface area contributed by atoms with Crippen LogP contribution in [-0.4, -0.2) is 35.0 Å². The molecule has 2 N–H and O–H groups in total. The zero-order valence-electron chi connectivity index (χ0n) is 15.2. The highest BCUT2D eigenvalue weighted by atomic mass is 32.2. The highest BCUT2D eigenvalue weighted by Gasteiger charge is 2.47. The van der Waals surface area contributed by atoms with Crippen molar-refractivity contribution >= 4 is 39.9 Å². The van der Waals surface area contributed by atoms with Crippen LogP contribution < -0.4 is 15.5 Å². The summed E-state index contributed by atoms with van der Waals surface area (Å²) in [6.45, 7) is 2.18. The van der Waals surface area contributed by atoms with Gasteiger partial charge >= 0.3 is 6.03 Å². The van der Waals surface area contributed by atoms with Crippen molar-refractivity contribution in [1.82, 2.24) is 10.3 Å². The zero-order valence-corrected chi connectivity index (χ0v) is 16.0. The molecule has 0 spiro atoms. The Bertz CT molecular complexity index is 1010. The van der Waals surface area contributed by atoms with E-state index in [1.54, 1.807) is 12.4 Å². The Morgan fingerprint density at radius 2 is 2.11 bits per heavy atom. The number of ether oxygens (including phenoxy) is 1. The first-order valence-corrected chi connectivity index (χ1v) is 10.2. The molecular weight excluding hydrogens is 372 g/mol. The number of nitrogens with zero attached hydrogens (tertiary/aromatic N) is 2. The molecule has 0 radical (unpaired) electrons. The van der Waals surface area contributed by atoms with Crippen LogP contribution >= 0.6 is 11.8 Å². The lowest BCUT2D eigenvalue weighted by atomic mass is 10.1. The molecule has 2 saturated heterocycles. The predicted molar refractivity (Wildman–Crippen MR) is 113 cm³/mol. The van der Waals surface area contributed by atoms with Crippen LogP contribution in [0, 0.1) is 0 Å². The number of carbonyl (C=O) groups excluding carboxylic acids is 1. The van der Waals surface area contributed by atoms with Crippen LogP contribution in [0.3, 0.4) is 0 Å². The molecule has 2 aliphatic rings. The SMILES string of the molecule is O=C(NCc1ccc(N2CCOC3SC32)cc1)Nc1cccc2cnccc12. The minimum Gasteiger partial charge on any atom is -0.363 e. The number of aromatic nitrogens is 1. The summed E-state index contributed by atoms with van der Waals surface area (Å²) in [7, 11) is 0. The topological polar surface area (TPSA) is 66.5 Å². The molecule has 5 rings (SSSR count). The van der Waals surface area contributed by atoms with Crippen LogP contribution in [0.1, 0.15) is 5.56 Å².